The van der Waals surface area contributed by atoms with Gasteiger partial charge in [0.25, 0.3) is 0 Å². The summed E-state index contributed by atoms with van der Waals surface area (Å²) in [4.78, 5) is 10.6. The third-order valence-electron chi connectivity index (χ3n) is 5.85. The Morgan fingerprint density at radius 2 is 2.15 bits per heavy atom. The van der Waals surface area contributed by atoms with Crippen molar-refractivity contribution in [3.63, 3.8) is 0 Å². The first kappa shape index (κ1) is 20.7. The molecule has 0 aromatic heterocycles. The monoisotopic (exact) mass is 360 g/mol. The SMILES string of the molecule is CC#CCC(C)C(O)C=CC1C(O)C[C@@H]2CC(=CCCCC(=O)O)C[C@@H]12. The lowest BCUT2D eigenvalue weighted by atomic mass is 9.89. The second-order valence-corrected chi connectivity index (χ2v) is 7.84. The molecule has 4 heteroatoms. The Bertz CT molecular complexity index is 595. The molecule has 0 spiro atoms. The van der Waals surface area contributed by atoms with Crippen LogP contribution in [0.4, 0.5) is 0 Å². The number of aliphatic hydroxyl groups excluding tert-OH is 2. The third kappa shape index (κ3) is 5.72. The number of allylic oxidation sites excluding steroid dienone is 2. The minimum atomic E-state index is -0.738. The van der Waals surface area contributed by atoms with Gasteiger partial charge in [-0.2, -0.15) is 0 Å². The molecule has 0 aromatic carbocycles. The van der Waals surface area contributed by atoms with E-state index in [0.29, 0.717) is 24.7 Å². The normalized spacial score (nSPS) is 31.6. The van der Waals surface area contributed by atoms with Crippen molar-refractivity contribution in [3.8, 4) is 11.8 Å². The number of aliphatic hydroxyl groups is 2. The van der Waals surface area contributed by atoms with Crippen LogP contribution in [0.2, 0.25) is 0 Å². The minimum absolute atomic E-state index is 0.0845. The molecule has 0 aliphatic heterocycles. The van der Waals surface area contributed by atoms with E-state index in [9.17, 15) is 15.0 Å². The maximum absolute atomic E-state index is 10.6. The van der Waals surface area contributed by atoms with Gasteiger partial charge < -0.3 is 15.3 Å². The van der Waals surface area contributed by atoms with Gasteiger partial charge in [-0.1, -0.05) is 30.7 Å². The van der Waals surface area contributed by atoms with Crippen molar-refractivity contribution in [2.75, 3.05) is 0 Å². The predicted octanol–water partition coefficient (Wildman–Crippen LogP) is 3.54. The quantitative estimate of drug-likeness (QED) is 0.351. The van der Waals surface area contributed by atoms with Crippen LogP contribution < -0.4 is 0 Å². The highest BCUT2D eigenvalue weighted by Gasteiger charge is 2.44. The van der Waals surface area contributed by atoms with Gasteiger partial charge in [0.2, 0.25) is 0 Å². The van der Waals surface area contributed by atoms with E-state index in [1.165, 1.54) is 5.57 Å². The minimum Gasteiger partial charge on any atom is -0.481 e. The summed E-state index contributed by atoms with van der Waals surface area (Å²) < 4.78 is 0. The van der Waals surface area contributed by atoms with Crippen molar-refractivity contribution in [2.24, 2.45) is 23.7 Å². The summed E-state index contributed by atoms with van der Waals surface area (Å²) >= 11 is 0. The molecule has 6 atom stereocenters. The fourth-order valence-corrected chi connectivity index (χ4v) is 4.31. The van der Waals surface area contributed by atoms with E-state index in [2.05, 4.69) is 17.9 Å². The molecule has 2 rings (SSSR count). The van der Waals surface area contributed by atoms with Gasteiger partial charge in [0, 0.05) is 18.8 Å². The summed E-state index contributed by atoms with van der Waals surface area (Å²) in [5.41, 5.74) is 1.41. The molecule has 2 aliphatic carbocycles. The molecule has 0 heterocycles. The Balaban J connectivity index is 1.89. The molecule has 144 valence electrons. The molecule has 4 unspecified atom stereocenters. The maximum Gasteiger partial charge on any atom is 0.303 e. The van der Waals surface area contributed by atoms with Crippen LogP contribution in [-0.4, -0.2) is 33.5 Å². The predicted molar refractivity (Wildman–Crippen MR) is 102 cm³/mol. The molecule has 0 bridgehead atoms. The van der Waals surface area contributed by atoms with E-state index in [0.717, 1.165) is 25.7 Å². The zero-order chi connectivity index (χ0) is 19.1. The van der Waals surface area contributed by atoms with Gasteiger partial charge >= 0.3 is 5.97 Å². The van der Waals surface area contributed by atoms with Crippen LogP contribution in [0.25, 0.3) is 0 Å². The lowest BCUT2D eigenvalue weighted by Gasteiger charge is -2.19. The third-order valence-corrected chi connectivity index (χ3v) is 5.85. The maximum atomic E-state index is 10.6. The average molecular weight is 360 g/mol. The first-order chi connectivity index (χ1) is 12.4. The molecule has 0 radical (unpaired) electrons. The lowest BCUT2D eigenvalue weighted by Crippen LogP contribution is -2.19. The highest BCUT2D eigenvalue weighted by Crippen LogP contribution is 2.50. The number of hydrogen-bond acceptors (Lipinski definition) is 3. The van der Waals surface area contributed by atoms with E-state index in [1.54, 1.807) is 6.92 Å². The Labute approximate surface area is 157 Å². The summed E-state index contributed by atoms with van der Waals surface area (Å²) in [7, 11) is 0. The number of rotatable bonds is 8. The second-order valence-electron chi connectivity index (χ2n) is 7.84. The van der Waals surface area contributed by atoms with E-state index >= 15 is 0 Å². The molecule has 0 aromatic rings. The summed E-state index contributed by atoms with van der Waals surface area (Å²) in [6, 6.07) is 0. The standard InChI is InChI=1S/C22H32O4/c1-3-4-7-15(2)20(23)11-10-18-19-13-16(8-5-6-9-22(25)26)12-17(19)14-21(18)24/h8,10-11,15,17-21,23-24H,5-7,9,12-14H2,1-2H3,(H,25,26)/t15?,17-,18?,19+,20?,21?/m0/s1. The highest BCUT2D eigenvalue weighted by atomic mass is 16.4. The van der Waals surface area contributed by atoms with Gasteiger partial charge in [-0.15, -0.1) is 11.8 Å². The number of carbonyl (C=O) groups is 1. The van der Waals surface area contributed by atoms with Crippen LogP contribution in [-0.2, 0) is 4.79 Å². The Kier molecular flexibility index (Phi) is 7.93. The first-order valence-electron chi connectivity index (χ1n) is 9.76. The molecule has 0 amide bonds. The van der Waals surface area contributed by atoms with Crippen LogP contribution in [0.15, 0.2) is 23.8 Å². The first-order valence-corrected chi connectivity index (χ1v) is 9.76. The number of hydrogen-bond donors (Lipinski definition) is 3. The van der Waals surface area contributed by atoms with Crippen LogP contribution in [0, 0.1) is 35.5 Å². The Morgan fingerprint density at radius 3 is 2.85 bits per heavy atom. The Morgan fingerprint density at radius 1 is 1.38 bits per heavy atom. The van der Waals surface area contributed by atoms with E-state index < -0.39 is 12.1 Å². The van der Waals surface area contributed by atoms with E-state index in [1.807, 2.05) is 19.1 Å². The lowest BCUT2D eigenvalue weighted by molar-refractivity contribution is -0.137. The van der Waals surface area contributed by atoms with Crippen molar-refractivity contribution in [1.29, 1.82) is 0 Å². The smallest absolute Gasteiger partial charge is 0.303 e. The van der Waals surface area contributed by atoms with Crippen molar-refractivity contribution in [1.82, 2.24) is 0 Å². The number of carboxylic acids is 1. The fraction of sp³-hybridized carbons (Fsp3) is 0.682. The number of unbranched alkanes of at least 4 members (excludes halogenated alkanes) is 1. The van der Waals surface area contributed by atoms with Crippen molar-refractivity contribution in [2.45, 2.75) is 71.0 Å². The van der Waals surface area contributed by atoms with Gasteiger partial charge in [-0.25, -0.2) is 0 Å². The zero-order valence-corrected chi connectivity index (χ0v) is 15.9. The number of carboxylic acid groups (broad SMARTS) is 1. The molecule has 4 nitrogen and oxygen atoms in total. The number of fused-ring (bicyclic) bond motifs is 1. The zero-order valence-electron chi connectivity index (χ0n) is 15.9. The molecule has 2 aliphatic rings. The van der Waals surface area contributed by atoms with Gasteiger partial charge in [0.1, 0.15) is 0 Å². The molecular formula is C22H32O4. The second kappa shape index (κ2) is 9.94. The largest absolute Gasteiger partial charge is 0.481 e. The average Bonchev–Trinajstić information content (AvgIpc) is 3.10. The van der Waals surface area contributed by atoms with E-state index in [-0.39, 0.29) is 24.4 Å². The van der Waals surface area contributed by atoms with Crippen LogP contribution in [0.1, 0.15) is 58.8 Å². The van der Waals surface area contributed by atoms with Gasteiger partial charge in [-0.3, -0.25) is 4.79 Å². The summed E-state index contributed by atoms with van der Waals surface area (Å²) in [5.74, 6) is 6.25. The van der Waals surface area contributed by atoms with Crippen LogP contribution in [0.3, 0.4) is 0 Å². The molecule has 3 N–H and O–H groups in total. The summed E-state index contributed by atoms with van der Waals surface area (Å²) in [5, 5.41) is 29.4. The van der Waals surface area contributed by atoms with Crippen LogP contribution in [0.5, 0.6) is 0 Å². The van der Waals surface area contributed by atoms with Gasteiger partial charge in [-0.05, 0) is 56.8 Å². The van der Waals surface area contributed by atoms with Crippen LogP contribution >= 0.6 is 0 Å². The molecule has 2 saturated carbocycles. The summed E-state index contributed by atoms with van der Waals surface area (Å²) in [6.07, 6.45) is 10.4. The van der Waals surface area contributed by atoms with Gasteiger partial charge in [0.15, 0.2) is 0 Å². The molecule has 0 saturated heterocycles. The molecular weight excluding hydrogens is 328 g/mol. The van der Waals surface area contributed by atoms with Crippen molar-refractivity contribution in [3.05, 3.63) is 23.8 Å². The van der Waals surface area contributed by atoms with E-state index in [4.69, 9.17) is 5.11 Å². The highest BCUT2D eigenvalue weighted by molar-refractivity contribution is 5.66. The molecule has 2 fully saturated rings. The molecule has 26 heavy (non-hydrogen) atoms. The number of aliphatic carboxylic acids is 1. The fourth-order valence-electron chi connectivity index (χ4n) is 4.31. The topological polar surface area (TPSA) is 77.8 Å². The van der Waals surface area contributed by atoms with Gasteiger partial charge in [0.05, 0.1) is 12.2 Å². The van der Waals surface area contributed by atoms with Crippen molar-refractivity contribution < 1.29 is 20.1 Å². The van der Waals surface area contributed by atoms with Crippen molar-refractivity contribution >= 4 is 5.97 Å². The Hall–Kier alpha value is -1.57. The summed E-state index contributed by atoms with van der Waals surface area (Å²) in [6.45, 7) is 3.79.